The zero-order valence-corrected chi connectivity index (χ0v) is 27.1. The fourth-order valence-corrected chi connectivity index (χ4v) is 7.13. The first kappa shape index (κ1) is 33.6. The number of rotatable bonds is 2. The molecule has 5 aromatic carbocycles. The third kappa shape index (κ3) is 5.39. The van der Waals surface area contributed by atoms with Crippen molar-refractivity contribution in [1.29, 1.82) is 10.5 Å². The van der Waals surface area contributed by atoms with Gasteiger partial charge in [0.05, 0.1) is 36.4 Å². The summed E-state index contributed by atoms with van der Waals surface area (Å²) in [5, 5.41) is 20.1. The van der Waals surface area contributed by atoms with Crippen LogP contribution in [0, 0.1) is 49.7 Å². The smallest absolute Gasteiger partial charge is 0.226 e. The molecule has 250 valence electrons. The van der Waals surface area contributed by atoms with Crippen LogP contribution in [-0.2, 0) is 12.4 Å². The minimum absolute atomic E-state index is 0.0140. The van der Waals surface area contributed by atoms with Gasteiger partial charge in [-0.3, -0.25) is 0 Å². The van der Waals surface area contributed by atoms with Crippen molar-refractivity contribution in [3.05, 3.63) is 164 Å². The number of alkyl halides is 6. The predicted molar refractivity (Wildman–Crippen MR) is 184 cm³/mol. The Morgan fingerprint density at radius 1 is 0.481 bits per heavy atom. The molecule has 0 fully saturated rings. The molecule has 0 spiro atoms. The lowest BCUT2D eigenvalue weighted by Crippen LogP contribution is -2.11. The van der Waals surface area contributed by atoms with E-state index in [1.807, 2.05) is 56.3 Å². The molecule has 0 heterocycles. The molecule has 0 N–H and O–H groups in total. The molecule has 0 saturated heterocycles. The number of allylic oxidation sites excluding steroid dienone is 2. The lowest BCUT2D eigenvalue weighted by Gasteiger charge is -2.15. The summed E-state index contributed by atoms with van der Waals surface area (Å²) in [6.45, 7) is 19.6. The standard InChI is InChI=1S/C42H20F6N4/c1-21-9-22(2)11-25(10-21)23-5-7-29-31-17-36-32(18-35(31)39(33(29)14-23)37(19-49)51-3)30-8-6-24(15-34(30)40(36)38(20-50)52-4)26-12-27(41(43,44)45)16-28(13-26)42(46,47)48/h5-18H,1-2H3/b39-37+,40-38+. The Labute approximate surface area is 294 Å². The van der Waals surface area contributed by atoms with Crippen molar-refractivity contribution < 1.29 is 26.3 Å². The van der Waals surface area contributed by atoms with Crippen molar-refractivity contribution in [2.24, 2.45) is 0 Å². The average Bonchev–Trinajstić information content (AvgIpc) is 3.58. The van der Waals surface area contributed by atoms with Gasteiger partial charge in [-0.1, -0.05) is 53.6 Å². The fourth-order valence-electron chi connectivity index (χ4n) is 7.13. The number of halogens is 6. The van der Waals surface area contributed by atoms with Gasteiger partial charge in [-0.25, -0.2) is 20.2 Å². The fraction of sp³-hybridized carbons (Fsp3) is 0.0952. The number of hydrogen-bond donors (Lipinski definition) is 0. The van der Waals surface area contributed by atoms with Gasteiger partial charge in [0, 0.05) is 11.1 Å². The molecule has 5 aromatic rings. The molecule has 2 aliphatic rings. The van der Waals surface area contributed by atoms with E-state index in [4.69, 9.17) is 13.1 Å². The molecule has 0 unspecified atom stereocenters. The second kappa shape index (κ2) is 11.9. The lowest BCUT2D eigenvalue weighted by molar-refractivity contribution is -0.143. The Bertz CT molecular complexity index is 2580. The quantitative estimate of drug-likeness (QED) is 0.103. The summed E-state index contributed by atoms with van der Waals surface area (Å²) < 4.78 is 82.3. The van der Waals surface area contributed by atoms with Crippen LogP contribution in [0.1, 0.15) is 44.5 Å². The minimum Gasteiger partial charge on any atom is -0.226 e. The molecule has 0 atom stereocenters. The predicted octanol–water partition coefficient (Wildman–Crippen LogP) is 12.0. The van der Waals surface area contributed by atoms with Crippen molar-refractivity contribution in [2.75, 3.05) is 0 Å². The second-order valence-electron chi connectivity index (χ2n) is 12.5. The molecular weight excluding hydrogens is 674 g/mol. The summed E-state index contributed by atoms with van der Waals surface area (Å²) >= 11 is 0. The summed E-state index contributed by atoms with van der Waals surface area (Å²) in [6.07, 6.45) is -10.1. The van der Waals surface area contributed by atoms with E-state index in [0.717, 1.165) is 22.3 Å². The molecule has 4 nitrogen and oxygen atoms in total. The monoisotopic (exact) mass is 694 g/mol. The summed E-state index contributed by atoms with van der Waals surface area (Å²) in [7, 11) is 0. The van der Waals surface area contributed by atoms with E-state index in [1.54, 1.807) is 12.1 Å². The SMILES string of the molecule is [C-]#[N+]/C(C#N)=C1\c2cc(-c3cc(C)cc(C)c3)ccc2-c2cc3c(cc21)-c1ccc(-c2cc(C(F)(F)F)cc(C(F)(F)F)c2)cc1/C3=C(/C#N)[N+]#[C-]. The first-order valence-electron chi connectivity index (χ1n) is 15.6. The maximum absolute atomic E-state index is 13.7. The van der Waals surface area contributed by atoms with Gasteiger partial charge in [0.25, 0.3) is 11.4 Å². The van der Waals surface area contributed by atoms with Crippen LogP contribution in [0.4, 0.5) is 26.3 Å². The molecule has 0 aliphatic heterocycles. The number of nitrogens with zero attached hydrogens (tertiary/aromatic N) is 4. The van der Waals surface area contributed by atoms with Gasteiger partial charge in [0.1, 0.15) is 0 Å². The van der Waals surface area contributed by atoms with Gasteiger partial charge in [-0.2, -0.15) is 26.3 Å². The van der Waals surface area contributed by atoms with Crippen molar-refractivity contribution in [1.82, 2.24) is 0 Å². The summed E-state index contributed by atoms with van der Waals surface area (Å²) in [4.78, 5) is 6.96. The Kier molecular flexibility index (Phi) is 7.67. The van der Waals surface area contributed by atoms with Crippen LogP contribution < -0.4 is 0 Å². The third-order valence-electron chi connectivity index (χ3n) is 9.24. The zero-order valence-electron chi connectivity index (χ0n) is 27.1. The number of fused-ring (bicyclic) bond motifs is 6. The van der Waals surface area contributed by atoms with Crippen LogP contribution in [0.15, 0.2) is 96.3 Å². The van der Waals surface area contributed by atoms with Gasteiger partial charge in [0.2, 0.25) is 0 Å². The highest BCUT2D eigenvalue weighted by Gasteiger charge is 2.38. The van der Waals surface area contributed by atoms with E-state index >= 15 is 0 Å². The van der Waals surface area contributed by atoms with Crippen molar-refractivity contribution >= 4 is 11.1 Å². The molecule has 10 heteroatoms. The van der Waals surface area contributed by atoms with Gasteiger partial charge in [0.15, 0.2) is 0 Å². The first-order chi connectivity index (χ1) is 24.7. The molecule has 0 saturated carbocycles. The number of benzene rings is 5. The minimum atomic E-state index is -5.05. The highest BCUT2D eigenvalue weighted by atomic mass is 19.4. The van der Waals surface area contributed by atoms with E-state index in [-0.39, 0.29) is 39.7 Å². The molecule has 7 rings (SSSR count). The largest absolute Gasteiger partial charge is 0.416 e. The van der Waals surface area contributed by atoms with Gasteiger partial charge in [-0.15, -0.1) is 0 Å². The van der Waals surface area contributed by atoms with E-state index in [1.165, 1.54) is 18.2 Å². The Hall–Kier alpha value is -6.88. The molecule has 52 heavy (non-hydrogen) atoms. The topological polar surface area (TPSA) is 56.3 Å². The maximum Gasteiger partial charge on any atom is 0.416 e. The number of nitriles is 2. The second-order valence-corrected chi connectivity index (χ2v) is 12.5. The van der Waals surface area contributed by atoms with Gasteiger partial charge >= 0.3 is 12.4 Å². The van der Waals surface area contributed by atoms with Gasteiger partial charge < -0.3 is 0 Å². The molecule has 0 aromatic heterocycles. The molecule has 0 amide bonds. The van der Waals surface area contributed by atoms with Crippen LogP contribution in [0.2, 0.25) is 0 Å². The normalized spacial score (nSPS) is 14.5. The summed E-state index contributed by atoms with van der Waals surface area (Å²) in [5.41, 5.74) is 5.04. The number of aryl methyl sites for hydroxylation is 2. The molecule has 0 radical (unpaired) electrons. The summed E-state index contributed by atoms with van der Waals surface area (Å²) in [6, 6.07) is 24.9. The van der Waals surface area contributed by atoms with Crippen LogP contribution in [0.3, 0.4) is 0 Å². The van der Waals surface area contributed by atoms with Crippen LogP contribution >= 0.6 is 0 Å². The van der Waals surface area contributed by atoms with Crippen molar-refractivity contribution in [3.8, 4) is 56.6 Å². The zero-order chi connectivity index (χ0) is 37.3. The van der Waals surface area contributed by atoms with Crippen LogP contribution in [0.25, 0.3) is 65.3 Å². The highest BCUT2D eigenvalue weighted by molar-refractivity contribution is 6.11. The van der Waals surface area contributed by atoms with Gasteiger partial charge in [-0.05, 0) is 123 Å². The number of hydrogen-bond acceptors (Lipinski definition) is 2. The Balaban J connectivity index is 1.46. The van der Waals surface area contributed by atoms with Crippen LogP contribution in [-0.4, -0.2) is 0 Å². The van der Waals surface area contributed by atoms with Crippen molar-refractivity contribution in [2.45, 2.75) is 26.2 Å². The summed E-state index contributed by atoms with van der Waals surface area (Å²) in [5.74, 6) is 0. The van der Waals surface area contributed by atoms with E-state index in [2.05, 4.69) is 15.8 Å². The van der Waals surface area contributed by atoms with E-state index < -0.39 is 23.5 Å². The average molecular weight is 695 g/mol. The first-order valence-corrected chi connectivity index (χ1v) is 15.6. The van der Waals surface area contributed by atoms with E-state index in [9.17, 15) is 36.9 Å². The molecule has 0 bridgehead atoms. The Morgan fingerprint density at radius 2 is 0.865 bits per heavy atom. The Morgan fingerprint density at radius 3 is 1.23 bits per heavy atom. The maximum atomic E-state index is 13.7. The lowest BCUT2D eigenvalue weighted by atomic mass is 9.94. The third-order valence-corrected chi connectivity index (χ3v) is 9.24. The van der Waals surface area contributed by atoms with Crippen molar-refractivity contribution in [3.63, 3.8) is 0 Å². The van der Waals surface area contributed by atoms with E-state index in [0.29, 0.717) is 56.6 Å². The molecular formula is C42H20F6N4. The highest BCUT2D eigenvalue weighted by Crippen LogP contribution is 2.54. The molecule has 2 aliphatic carbocycles. The van der Waals surface area contributed by atoms with Crippen LogP contribution in [0.5, 0.6) is 0 Å².